The van der Waals surface area contributed by atoms with Crippen LogP contribution in [0.3, 0.4) is 0 Å². The predicted molar refractivity (Wildman–Crippen MR) is 79.2 cm³/mol. The minimum atomic E-state index is -3.52. The Hall–Kier alpha value is -1.13. The normalized spacial score (nSPS) is 23.6. The van der Waals surface area contributed by atoms with Gasteiger partial charge in [0.25, 0.3) is 0 Å². The van der Waals surface area contributed by atoms with Crippen LogP contribution in [-0.4, -0.2) is 37.9 Å². The van der Waals surface area contributed by atoms with Gasteiger partial charge in [0.15, 0.2) is 0 Å². The van der Waals surface area contributed by atoms with Gasteiger partial charge < -0.3 is 5.32 Å². The fraction of sp³-hybridized carbons (Fsp3) is 0.462. The minimum absolute atomic E-state index is 0. The summed E-state index contributed by atoms with van der Waals surface area (Å²) in [6.45, 7) is 4.82. The number of piperazine rings is 1. The Kier molecular flexibility index (Phi) is 5.54. The first-order valence-electron chi connectivity index (χ1n) is 6.20. The Bertz CT molecular complexity index is 602. The van der Waals surface area contributed by atoms with Gasteiger partial charge in [0.1, 0.15) is 0 Å². The van der Waals surface area contributed by atoms with Crippen molar-refractivity contribution in [2.45, 2.75) is 30.8 Å². The van der Waals surface area contributed by atoms with Gasteiger partial charge in [-0.3, -0.25) is 0 Å². The van der Waals surface area contributed by atoms with E-state index in [-0.39, 0.29) is 29.4 Å². The second-order valence-electron chi connectivity index (χ2n) is 4.93. The molecule has 2 atom stereocenters. The first-order valence-corrected chi connectivity index (χ1v) is 7.64. The molecule has 1 saturated heterocycles. The molecule has 1 N–H and O–H groups in total. The van der Waals surface area contributed by atoms with E-state index >= 15 is 0 Å². The van der Waals surface area contributed by atoms with Crippen LogP contribution >= 0.6 is 12.4 Å². The molecule has 1 aliphatic rings. The van der Waals surface area contributed by atoms with E-state index in [1.165, 1.54) is 16.4 Å². The fourth-order valence-electron chi connectivity index (χ4n) is 2.35. The average molecular weight is 316 g/mol. The highest BCUT2D eigenvalue weighted by Gasteiger charge is 2.31. The summed E-state index contributed by atoms with van der Waals surface area (Å²) >= 11 is 0. The van der Waals surface area contributed by atoms with Crippen molar-refractivity contribution in [3.63, 3.8) is 0 Å². The number of nitriles is 1. The molecule has 2 rings (SSSR count). The van der Waals surface area contributed by atoms with Crippen LogP contribution in [0.5, 0.6) is 0 Å². The van der Waals surface area contributed by atoms with Crippen LogP contribution in [0.4, 0.5) is 0 Å². The van der Waals surface area contributed by atoms with Crippen LogP contribution in [0, 0.1) is 11.3 Å². The Morgan fingerprint density at radius 3 is 2.45 bits per heavy atom. The second-order valence-corrected chi connectivity index (χ2v) is 6.87. The van der Waals surface area contributed by atoms with Crippen molar-refractivity contribution in [3.8, 4) is 6.07 Å². The van der Waals surface area contributed by atoms with E-state index in [0.717, 1.165) is 0 Å². The maximum absolute atomic E-state index is 12.5. The van der Waals surface area contributed by atoms with Crippen LogP contribution in [-0.2, 0) is 10.0 Å². The maximum atomic E-state index is 12.5. The zero-order chi connectivity index (χ0) is 14.0. The van der Waals surface area contributed by atoms with E-state index < -0.39 is 10.0 Å². The predicted octanol–water partition coefficient (Wildman–Crippen LogP) is 1.35. The summed E-state index contributed by atoms with van der Waals surface area (Å²) in [6, 6.07) is 8.37. The molecule has 0 aromatic heterocycles. The monoisotopic (exact) mass is 315 g/mol. The van der Waals surface area contributed by atoms with E-state index in [1.54, 1.807) is 12.1 Å². The van der Waals surface area contributed by atoms with Gasteiger partial charge in [-0.1, -0.05) is 6.07 Å². The quantitative estimate of drug-likeness (QED) is 0.894. The lowest BCUT2D eigenvalue weighted by atomic mass is 10.2. The molecular weight excluding hydrogens is 298 g/mol. The highest BCUT2D eigenvalue weighted by molar-refractivity contribution is 7.89. The number of halogens is 1. The third-order valence-corrected chi connectivity index (χ3v) is 4.95. The minimum Gasteiger partial charge on any atom is -0.309 e. The van der Waals surface area contributed by atoms with Gasteiger partial charge >= 0.3 is 0 Å². The van der Waals surface area contributed by atoms with Gasteiger partial charge in [-0.2, -0.15) is 9.57 Å². The molecule has 7 heteroatoms. The number of benzene rings is 1. The summed E-state index contributed by atoms with van der Waals surface area (Å²) < 4.78 is 26.6. The molecule has 110 valence electrons. The third-order valence-electron chi connectivity index (χ3n) is 3.12. The van der Waals surface area contributed by atoms with Gasteiger partial charge in [-0.15, -0.1) is 12.4 Å². The topological polar surface area (TPSA) is 73.2 Å². The van der Waals surface area contributed by atoms with E-state index in [0.29, 0.717) is 18.7 Å². The number of nitrogens with one attached hydrogen (secondary N) is 1. The second kappa shape index (κ2) is 6.55. The van der Waals surface area contributed by atoms with Crippen LogP contribution in [0.15, 0.2) is 29.2 Å². The van der Waals surface area contributed by atoms with E-state index in [2.05, 4.69) is 5.32 Å². The number of nitrogens with zero attached hydrogens (tertiary/aromatic N) is 2. The molecule has 0 saturated carbocycles. The van der Waals surface area contributed by atoms with Crippen molar-refractivity contribution in [1.29, 1.82) is 5.26 Å². The van der Waals surface area contributed by atoms with Crippen molar-refractivity contribution < 1.29 is 8.42 Å². The third kappa shape index (κ3) is 3.49. The summed E-state index contributed by atoms with van der Waals surface area (Å²) in [5.74, 6) is 0. The Labute approximate surface area is 126 Å². The zero-order valence-electron chi connectivity index (χ0n) is 11.4. The molecule has 1 aliphatic heterocycles. The smallest absolute Gasteiger partial charge is 0.243 e. The molecule has 0 aliphatic carbocycles. The van der Waals surface area contributed by atoms with Gasteiger partial charge in [-0.25, -0.2) is 8.42 Å². The summed E-state index contributed by atoms with van der Waals surface area (Å²) in [6.07, 6.45) is 0. The molecule has 1 fully saturated rings. The molecule has 0 amide bonds. The van der Waals surface area contributed by atoms with Crippen molar-refractivity contribution in [1.82, 2.24) is 9.62 Å². The molecule has 0 bridgehead atoms. The molecule has 5 nitrogen and oxygen atoms in total. The lowest BCUT2D eigenvalue weighted by Crippen LogP contribution is -2.55. The molecule has 1 aromatic carbocycles. The number of hydrogen-bond acceptors (Lipinski definition) is 4. The Balaban J connectivity index is 0.00000200. The molecule has 2 unspecified atom stereocenters. The number of hydrogen-bond donors (Lipinski definition) is 1. The van der Waals surface area contributed by atoms with Crippen molar-refractivity contribution in [2.24, 2.45) is 0 Å². The SMILES string of the molecule is CC1CN(S(=O)(=O)c2cccc(C#N)c2)CC(C)N1.Cl. The summed E-state index contributed by atoms with van der Waals surface area (Å²) in [5, 5.41) is 12.2. The van der Waals surface area contributed by atoms with E-state index in [4.69, 9.17) is 5.26 Å². The lowest BCUT2D eigenvalue weighted by Gasteiger charge is -2.35. The Morgan fingerprint density at radius 2 is 1.90 bits per heavy atom. The number of rotatable bonds is 2. The standard InChI is InChI=1S/C13H17N3O2S.ClH/c1-10-8-16(9-11(2)15-10)19(17,18)13-5-3-4-12(6-13)7-14;/h3-6,10-11,15H,8-9H2,1-2H3;1H. The average Bonchev–Trinajstić information content (AvgIpc) is 2.37. The van der Waals surface area contributed by atoms with Crippen molar-refractivity contribution in [3.05, 3.63) is 29.8 Å². The van der Waals surface area contributed by atoms with E-state index in [1.807, 2.05) is 19.9 Å². The zero-order valence-corrected chi connectivity index (χ0v) is 13.0. The maximum Gasteiger partial charge on any atom is 0.243 e. The van der Waals surface area contributed by atoms with E-state index in [9.17, 15) is 8.42 Å². The summed E-state index contributed by atoms with van der Waals surface area (Å²) in [5.41, 5.74) is 0.359. The largest absolute Gasteiger partial charge is 0.309 e. The van der Waals surface area contributed by atoms with Crippen LogP contribution < -0.4 is 5.32 Å². The summed E-state index contributed by atoms with van der Waals surface area (Å²) in [4.78, 5) is 0.188. The molecule has 1 aromatic rings. The van der Waals surface area contributed by atoms with Crippen LogP contribution in [0.1, 0.15) is 19.4 Å². The number of sulfonamides is 1. The van der Waals surface area contributed by atoms with Gasteiger partial charge in [-0.05, 0) is 32.0 Å². The van der Waals surface area contributed by atoms with Gasteiger partial charge in [0.2, 0.25) is 10.0 Å². The molecule has 20 heavy (non-hydrogen) atoms. The van der Waals surface area contributed by atoms with Gasteiger partial charge in [0.05, 0.1) is 16.5 Å². The highest BCUT2D eigenvalue weighted by Crippen LogP contribution is 2.19. The van der Waals surface area contributed by atoms with Crippen molar-refractivity contribution in [2.75, 3.05) is 13.1 Å². The lowest BCUT2D eigenvalue weighted by molar-refractivity contribution is 0.263. The first-order chi connectivity index (χ1) is 8.93. The molecular formula is C13H18ClN3O2S. The van der Waals surface area contributed by atoms with Crippen molar-refractivity contribution >= 4 is 22.4 Å². The van der Waals surface area contributed by atoms with Crippen LogP contribution in [0.2, 0.25) is 0 Å². The van der Waals surface area contributed by atoms with Gasteiger partial charge in [0, 0.05) is 25.2 Å². The first kappa shape index (κ1) is 16.9. The highest BCUT2D eigenvalue weighted by atomic mass is 35.5. The van der Waals surface area contributed by atoms with Crippen LogP contribution in [0.25, 0.3) is 0 Å². The summed E-state index contributed by atoms with van der Waals surface area (Å²) in [7, 11) is -3.52. The Morgan fingerprint density at radius 1 is 1.30 bits per heavy atom. The molecule has 1 heterocycles. The fourth-order valence-corrected chi connectivity index (χ4v) is 4.01. The molecule has 0 spiro atoms. The molecule has 0 radical (unpaired) electrons.